The van der Waals surface area contributed by atoms with Gasteiger partial charge >= 0.3 is 0 Å². The van der Waals surface area contributed by atoms with Crippen LogP contribution in [0.3, 0.4) is 0 Å². The van der Waals surface area contributed by atoms with Crippen molar-refractivity contribution < 1.29 is 4.79 Å². The number of carbonyl (C=O) groups is 1. The summed E-state index contributed by atoms with van der Waals surface area (Å²) in [5.41, 5.74) is 4.63. The van der Waals surface area contributed by atoms with Crippen LogP contribution in [-0.4, -0.2) is 33.7 Å². The first-order valence-electron chi connectivity index (χ1n) is 9.42. The predicted octanol–water partition coefficient (Wildman–Crippen LogP) is 3.07. The molecule has 1 aliphatic heterocycles. The molecule has 2 heterocycles. The van der Waals surface area contributed by atoms with Crippen molar-refractivity contribution >= 4 is 5.91 Å². The Kier molecular flexibility index (Phi) is 5.30. The van der Waals surface area contributed by atoms with E-state index in [1.165, 1.54) is 11.1 Å². The Hall–Kier alpha value is -2.92. The third-order valence-corrected chi connectivity index (χ3v) is 4.94. The van der Waals surface area contributed by atoms with E-state index in [1.54, 1.807) is 6.20 Å². The number of fused-ring (bicyclic) bond motifs is 1. The van der Waals surface area contributed by atoms with Crippen molar-refractivity contribution in [3.8, 4) is 0 Å². The molecule has 0 fully saturated rings. The van der Waals surface area contributed by atoms with Crippen molar-refractivity contribution in [3.05, 3.63) is 89.2 Å². The molecule has 1 N–H and O–H groups in total. The minimum Gasteiger partial charge on any atom is -0.352 e. The standard InChI is InChI=1S/C22H24N4O/c27-22(19-9-3-6-18(14-19)15-26-13-5-11-24-26)23-10-4-12-25-16-20-7-1-2-8-21(20)17-25/h1-3,5-9,11,13-14H,4,10,12,15-17H2,(H,23,27). The van der Waals surface area contributed by atoms with Crippen molar-refractivity contribution in [2.75, 3.05) is 13.1 Å². The van der Waals surface area contributed by atoms with Gasteiger partial charge in [0.25, 0.3) is 5.91 Å². The van der Waals surface area contributed by atoms with Crippen LogP contribution >= 0.6 is 0 Å². The summed E-state index contributed by atoms with van der Waals surface area (Å²) in [5.74, 6) is -0.0120. The summed E-state index contributed by atoms with van der Waals surface area (Å²) in [6.45, 7) is 4.38. The number of carbonyl (C=O) groups excluding carboxylic acids is 1. The summed E-state index contributed by atoms with van der Waals surface area (Å²) < 4.78 is 1.85. The maximum atomic E-state index is 12.4. The van der Waals surface area contributed by atoms with Gasteiger partial charge in [0, 0.05) is 44.1 Å². The highest BCUT2D eigenvalue weighted by Gasteiger charge is 2.17. The van der Waals surface area contributed by atoms with Gasteiger partial charge in [0.1, 0.15) is 0 Å². The number of aromatic nitrogens is 2. The number of nitrogens with one attached hydrogen (secondary N) is 1. The van der Waals surface area contributed by atoms with Crippen LogP contribution in [-0.2, 0) is 19.6 Å². The second-order valence-electron chi connectivity index (χ2n) is 6.99. The molecule has 5 heteroatoms. The molecule has 138 valence electrons. The largest absolute Gasteiger partial charge is 0.352 e. The molecule has 2 aromatic carbocycles. The molecule has 1 aromatic heterocycles. The van der Waals surface area contributed by atoms with Crippen LogP contribution in [0.2, 0.25) is 0 Å². The first-order chi connectivity index (χ1) is 13.3. The summed E-state index contributed by atoms with van der Waals surface area (Å²) in [6.07, 6.45) is 4.63. The molecule has 0 spiro atoms. The van der Waals surface area contributed by atoms with Crippen molar-refractivity contribution in [3.63, 3.8) is 0 Å². The minimum atomic E-state index is -0.0120. The Labute approximate surface area is 159 Å². The summed E-state index contributed by atoms with van der Waals surface area (Å²) in [5, 5.41) is 7.25. The zero-order valence-electron chi connectivity index (χ0n) is 15.3. The first-order valence-corrected chi connectivity index (χ1v) is 9.42. The Balaban J connectivity index is 1.23. The van der Waals surface area contributed by atoms with Gasteiger partial charge < -0.3 is 5.32 Å². The molecule has 4 rings (SSSR count). The van der Waals surface area contributed by atoms with Crippen LogP contribution < -0.4 is 5.32 Å². The Morgan fingerprint density at radius 2 is 1.85 bits per heavy atom. The summed E-state index contributed by atoms with van der Waals surface area (Å²) in [7, 11) is 0. The van der Waals surface area contributed by atoms with E-state index in [0.29, 0.717) is 18.7 Å². The molecule has 0 saturated heterocycles. The third-order valence-electron chi connectivity index (χ3n) is 4.94. The number of benzene rings is 2. The fraction of sp³-hybridized carbons (Fsp3) is 0.273. The number of rotatable bonds is 7. The van der Waals surface area contributed by atoms with Crippen LogP contribution in [0.1, 0.15) is 33.5 Å². The maximum absolute atomic E-state index is 12.4. The summed E-state index contributed by atoms with van der Waals surface area (Å²) in [6, 6.07) is 18.2. The second kappa shape index (κ2) is 8.18. The lowest BCUT2D eigenvalue weighted by Gasteiger charge is -2.14. The zero-order chi connectivity index (χ0) is 18.5. The van der Waals surface area contributed by atoms with E-state index >= 15 is 0 Å². The highest BCUT2D eigenvalue weighted by atomic mass is 16.1. The second-order valence-corrected chi connectivity index (χ2v) is 6.99. The number of hydrogen-bond donors (Lipinski definition) is 1. The predicted molar refractivity (Wildman–Crippen MR) is 105 cm³/mol. The van der Waals surface area contributed by atoms with E-state index in [1.807, 2.05) is 41.2 Å². The van der Waals surface area contributed by atoms with Crippen LogP contribution in [0.5, 0.6) is 0 Å². The van der Waals surface area contributed by atoms with Crippen molar-refractivity contribution in [2.24, 2.45) is 0 Å². The Bertz CT molecular complexity index is 879. The van der Waals surface area contributed by atoms with Gasteiger partial charge in [-0.2, -0.15) is 5.10 Å². The van der Waals surface area contributed by atoms with Crippen LogP contribution in [0.25, 0.3) is 0 Å². The number of nitrogens with zero attached hydrogens (tertiary/aromatic N) is 3. The lowest BCUT2D eigenvalue weighted by molar-refractivity contribution is 0.0951. The Morgan fingerprint density at radius 1 is 1.04 bits per heavy atom. The first kappa shape index (κ1) is 17.5. The van der Waals surface area contributed by atoms with Crippen molar-refractivity contribution in [1.82, 2.24) is 20.0 Å². The van der Waals surface area contributed by atoms with Gasteiger partial charge in [-0.1, -0.05) is 36.4 Å². The van der Waals surface area contributed by atoms with E-state index in [9.17, 15) is 4.79 Å². The molecule has 0 bridgehead atoms. The molecule has 3 aromatic rings. The minimum absolute atomic E-state index is 0.0120. The van der Waals surface area contributed by atoms with E-state index in [-0.39, 0.29) is 5.91 Å². The van der Waals surface area contributed by atoms with Gasteiger partial charge in [-0.25, -0.2) is 0 Å². The zero-order valence-corrected chi connectivity index (χ0v) is 15.3. The summed E-state index contributed by atoms with van der Waals surface area (Å²) in [4.78, 5) is 14.9. The molecule has 1 aliphatic rings. The fourth-order valence-electron chi connectivity index (χ4n) is 3.56. The van der Waals surface area contributed by atoms with Gasteiger partial charge in [-0.3, -0.25) is 14.4 Å². The molecule has 0 radical (unpaired) electrons. The van der Waals surface area contributed by atoms with E-state index in [4.69, 9.17) is 0 Å². The average Bonchev–Trinajstić information content (AvgIpc) is 3.34. The van der Waals surface area contributed by atoms with E-state index in [0.717, 1.165) is 31.6 Å². The highest BCUT2D eigenvalue weighted by Crippen LogP contribution is 2.21. The monoisotopic (exact) mass is 360 g/mol. The average molecular weight is 360 g/mol. The van der Waals surface area contributed by atoms with Crippen molar-refractivity contribution in [2.45, 2.75) is 26.1 Å². The maximum Gasteiger partial charge on any atom is 0.251 e. The lowest BCUT2D eigenvalue weighted by atomic mass is 10.1. The molecule has 0 unspecified atom stereocenters. The third kappa shape index (κ3) is 4.44. The van der Waals surface area contributed by atoms with Gasteiger partial charge in [-0.05, 0) is 41.3 Å². The van der Waals surface area contributed by atoms with Gasteiger partial charge in [-0.15, -0.1) is 0 Å². The van der Waals surface area contributed by atoms with E-state index < -0.39 is 0 Å². The SMILES string of the molecule is O=C(NCCCN1Cc2ccccc2C1)c1cccc(Cn2cccn2)c1. The number of amides is 1. The molecule has 5 nitrogen and oxygen atoms in total. The lowest BCUT2D eigenvalue weighted by Crippen LogP contribution is -2.28. The van der Waals surface area contributed by atoms with Crippen molar-refractivity contribution in [1.29, 1.82) is 0 Å². The fourth-order valence-corrected chi connectivity index (χ4v) is 3.56. The quantitative estimate of drug-likeness (QED) is 0.659. The van der Waals surface area contributed by atoms with Gasteiger partial charge in [0.15, 0.2) is 0 Å². The molecular weight excluding hydrogens is 336 g/mol. The molecule has 1 amide bonds. The summed E-state index contributed by atoms with van der Waals surface area (Å²) >= 11 is 0. The molecule has 27 heavy (non-hydrogen) atoms. The molecule has 0 atom stereocenters. The normalized spacial score (nSPS) is 13.5. The van der Waals surface area contributed by atoms with Crippen LogP contribution in [0.4, 0.5) is 0 Å². The number of hydrogen-bond acceptors (Lipinski definition) is 3. The smallest absolute Gasteiger partial charge is 0.251 e. The van der Waals surface area contributed by atoms with Crippen LogP contribution in [0, 0.1) is 0 Å². The highest BCUT2D eigenvalue weighted by molar-refractivity contribution is 5.94. The Morgan fingerprint density at radius 3 is 2.59 bits per heavy atom. The van der Waals surface area contributed by atoms with Crippen LogP contribution in [0.15, 0.2) is 67.0 Å². The van der Waals surface area contributed by atoms with Gasteiger partial charge in [0.05, 0.1) is 6.54 Å². The van der Waals surface area contributed by atoms with Gasteiger partial charge in [0.2, 0.25) is 0 Å². The topological polar surface area (TPSA) is 50.2 Å². The molecule has 0 aliphatic carbocycles. The molecular formula is C22H24N4O. The molecule has 0 saturated carbocycles. The van der Waals surface area contributed by atoms with E-state index in [2.05, 4.69) is 39.6 Å².